The van der Waals surface area contributed by atoms with Crippen LogP contribution in [0.5, 0.6) is 0 Å². The van der Waals surface area contributed by atoms with Gasteiger partial charge in [0.2, 0.25) is 0 Å². The number of anilines is 3. The molecule has 3 rings (SSSR count). The van der Waals surface area contributed by atoms with E-state index in [0.717, 1.165) is 12.1 Å². The summed E-state index contributed by atoms with van der Waals surface area (Å²) in [5.41, 5.74) is 0.0748. The molecule has 25 heavy (non-hydrogen) atoms. The molecule has 2 aromatic heterocycles. The number of benzene rings is 1. The summed E-state index contributed by atoms with van der Waals surface area (Å²) in [5, 5.41) is 7.30. The van der Waals surface area contributed by atoms with Crippen molar-refractivity contribution in [3.05, 3.63) is 70.5 Å². The van der Waals surface area contributed by atoms with E-state index in [1.165, 1.54) is 29.7 Å². The highest BCUT2D eigenvalue weighted by molar-refractivity contribution is 7.12. The predicted molar refractivity (Wildman–Crippen MR) is 91.2 cm³/mol. The molecule has 0 aliphatic rings. The first kappa shape index (κ1) is 17.0. The summed E-state index contributed by atoms with van der Waals surface area (Å²) in [6.45, 7) is 0. The van der Waals surface area contributed by atoms with Crippen LogP contribution < -0.4 is 10.6 Å². The van der Waals surface area contributed by atoms with E-state index in [-0.39, 0.29) is 5.91 Å². The first-order valence-corrected chi connectivity index (χ1v) is 8.05. The number of nitrogens with zero attached hydrogens (tertiary/aromatic N) is 1. The molecule has 0 unspecified atom stereocenters. The molecule has 0 radical (unpaired) electrons. The Labute approximate surface area is 145 Å². The Morgan fingerprint density at radius 1 is 1.04 bits per heavy atom. The summed E-state index contributed by atoms with van der Waals surface area (Å²) in [6, 6.07) is 11.5. The number of carbonyl (C=O) groups is 1. The molecule has 128 valence electrons. The predicted octanol–water partition coefficient (Wildman–Crippen LogP) is 5.16. The van der Waals surface area contributed by atoms with E-state index in [4.69, 9.17) is 0 Å². The van der Waals surface area contributed by atoms with Gasteiger partial charge in [-0.25, -0.2) is 4.98 Å². The maximum atomic E-state index is 12.7. The lowest BCUT2D eigenvalue weighted by molar-refractivity contribution is -0.137. The fourth-order valence-electron chi connectivity index (χ4n) is 2.07. The van der Waals surface area contributed by atoms with Crippen molar-refractivity contribution in [3.8, 4) is 0 Å². The van der Waals surface area contributed by atoms with Crippen molar-refractivity contribution >= 4 is 34.4 Å². The van der Waals surface area contributed by atoms with E-state index < -0.39 is 11.7 Å². The summed E-state index contributed by atoms with van der Waals surface area (Å²) in [4.78, 5) is 16.6. The molecule has 0 saturated heterocycles. The van der Waals surface area contributed by atoms with Gasteiger partial charge in [-0.3, -0.25) is 4.79 Å². The molecule has 3 aromatic rings. The van der Waals surface area contributed by atoms with E-state index in [0.29, 0.717) is 22.1 Å². The highest BCUT2D eigenvalue weighted by atomic mass is 32.1. The minimum absolute atomic E-state index is 0.263. The molecular weight excluding hydrogens is 351 g/mol. The van der Waals surface area contributed by atoms with Crippen LogP contribution in [0.15, 0.2) is 60.1 Å². The second kappa shape index (κ2) is 6.94. The van der Waals surface area contributed by atoms with Crippen molar-refractivity contribution in [1.82, 2.24) is 4.98 Å². The molecule has 1 amide bonds. The normalized spacial score (nSPS) is 11.2. The molecule has 0 bridgehead atoms. The van der Waals surface area contributed by atoms with Crippen LogP contribution in [0.3, 0.4) is 0 Å². The maximum Gasteiger partial charge on any atom is 0.416 e. The summed E-state index contributed by atoms with van der Waals surface area (Å²) >= 11 is 1.31. The lowest BCUT2D eigenvalue weighted by atomic mass is 10.2. The van der Waals surface area contributed by atoms with E-state index >= 15 is 0 Å². The second-order valence-corrected chi connectivity index (χ2v) is 6.01. The topological polar surface area (TPSA) is 54.0 Å². The molecule has 0 atom stereocenters. The van der Waals surface area contributed by atoms with Crippen LogP contribution in [0.4, 0.5) is 30.4 Å². The molecule has 2 heterocycles. The Morgan fingerprint density at radius 3 is 2.52 bits per heavy atom. The fraction of sp³-hybridized carbons (Fsp3) is 0.0588. The van der Waals surface area contributed by atoms with Gasteiger partial charge in [0, 0.05) is 5.69 Å². The number of pyridine rings is 1. The fourth-order valence-corrected chi connectivity index (χ4v) is 2.69. The Hall–Kier alpha value is -2.87. The lowest BCUT2D eigenvalue weighted by Crippen LogP contribution is -2.11. The summed E-state index contributed by atoms with van der Waals surface area (Å²) < 4.78 is 38.2. The maximum absolute atomic E-state index is 12.7. The average molecular weight is 363 g/mol. The molecule has 0 aliphatic heterocycles. The number of alkyl halides is 3. The zero-order valence-electron chi connectivity index (χ0n) is 12.7. The van der Waals surface area contributed by atoms with Crippen LogP contribution in [-0.4, -0.2) is 10.9 Å². The standard InChI is InChI=1S/C17H12F3N3OS/c18-17(19,20)11-3-1-4-12(9-11)22-13-6-7-15(21-10-13)23-16(24)14-5-2-8-25-14/h1-10,22H,(H,21,23,24). The van der Waals surface area contributed by atoms with Gasteiger partial charge in [-0.1, -0.05) is 12.1 Å². The van der Waals surface area contributed by atoms with Crippen molar-refractivity contribution in [2.75, 3.05) is 10.6 Å². The van der Waals surface area contributed by atoms with Gasteiger partial charge in [0.15, 0.2) is 0 Å². The number of hydrogen-bond acceptors (Lipinski definition) is 4. The molecule has 0 aliphatic carbocycles. The van der Waals surface area contributed by atoms with Crippen LogP contribution in [0.2, 0.25) is 0 Å². The minimum atomic E-state index is -4.40. The van der Waals surface area contributed by atoms with Gasteiger partial charge in [0.05, 0.1) is 22.3 Å². The third kappa shape index (κ3) is 4.36. The zero-order valence-corrected chi connectivity index (χ0v) is 13.5. The van der Waals surface area contributed by atoms with Crippen molar-refractivity contribution in [2.45, 2.75) is 6.18 Å². The second-order valence-electron chi connectivity index (χ2n) is 5.07. The van der Waals surface area contributed by atoms with Crippen molar-refractivity contribution in [2.24, 2.45) is 0 Å². The number of hydrogen-bond donors (Lipinski definition) is 2. The third-order valence-electron chi connectivity index (χ3n) is 3.23. The van der Waals surface area contributed by atoms with Gasteiger partial charge < -0.3 is 10.6 Å². The van der Waals surface area contributed by atoms with Crippen molar-refractivity contribution < 1.29 is 18.0 Å². The molecule has 8 heteroatoms. The van der Waals surface area contributed by atoms with Gasteiger partial charge in [-0.15, -0.1) is 11.3 Å². The highest BCUT2D eigenvalue weighted by Gasteiger charge is 2.30. The van der Waals surface area contributed by atoms with E-state index in [2.05, 4.69) is 15.6 Å². The molecule has 1 aromatic carbocycles. The molecular formula is C17H12F3N3OS. The summed E-state index contributed by atoms with van der Waals surface area (Å²) in [6.07, 6.45) is -2.96. The Morgan fingerprint density at radius 2 is 1.88 bits per heavy atom. The third-order valence-corrected chi connectivity index (χ3v) is 4.10. The van der Waals surface area contributed by atoms with Crippen molar-refractivity contribution in [3.63, 3.8) is 0 Å². The molecule has 4 nitrogen and oxygen atoms in total. The largest absolute Gasteiger partial charge is 0.416 e. The lowest BCUT2D eigenvalue weighted by Gasteiger charge is -2.11. The van der Waals surface area contributed by atoms with Crippen LogP contribution in [-0.2, 0) is 6.18 Å². The summed E-state index contributed by atoms with van der Waals surface area (Å²) in [7, 11) is 0. The Balaban J connectivity index is 1.68. The first-order chi connectivity index (χ1) is 11.9. The van der Waals surface area contributed by atoms with Crippen LogP contribution in [0.25, 0.3) is 0 Å². The smallest absolute Gasteiger partial charge is 0.354 e. The number of rotatable bonds is 4. The summed E-state index contributed by atoms with van der Waals surface area (Å²) in [5.74, 6) is 0.0917. The SMILES string of the molecule is O=C(Nc1ccc(Nc2cccc(C(F)(F)F)c2)cn1)c1cccs1. The number of amides is 1. The quantitative estimate of drug-likeness (QED) is 0.673. The number of aromatic nitrogens is 1. The minimum Gasteiger partial charge on any atom is -0.354 e. The van der Waals surface area contributed by atoms with Gasteiger partial charge >= 0.3 is 6.18 Å². The van der Waals surface area contributed by atoms with Crippen LogP contribution in [0.1, 0.15) is 15.2 Å². The first-order valence-electron chi connectivity index (χ1n) is 7.17. The molecule has 0 spiro atoms. The van der Waals surface area contributed by atoms with Gasteiger partial charge in [-0.05, 0) is 41.8 Å². The number of nitrogens with one attached hydrogen (secondary N) is 2. The van der Waals surface area contributed by atoms with Gasteiger partial charge in [0.25, 0.3) is 5.91 Å². The van der Waals surface area contributed by atoms with Gasteiger partial charge in [-0.2, -0.15) is 13.2 Å². The zero-order chi connectivity index (χ0) is 17.9. The molecule has 0 fully saturated rings. The number of carbonyl (C=O) groups excluding carboxylic acids is 1. The molecule has 2 N–H and O–H groups in total. The highest BCUT2D eigenvalue weighted by Crippen LogP contribution is 2.31. The monoisotopic (exact) mass is 363 g/mol. The number of thiophene rings is 1. The van der Waals surface area contributed by atoms with E-state index in [1.807, 2.05) is 0 Å². The van der Waals surface area contributed by atoms with E-state index in [1.54, 1.807) is 29.6 Å². The van der Waals surface area contributed by atoms with Gasteiger partial charge in [0.1, 0.15) is 5.82 Å². The van der Waals surface area contributed by atoms with E-state index in [9.17, 15) is 18.0 Å². The van der Waals surface area contributed by atoms with Crippen LogP contribution in [0, 0.1) is 0 Å². The number of halogens is 3. The molecule has 0 saturated carbocycles. The van der Waals surface area contributed by atoms with Crippen molar-refractivity contribution in [1.29, 1.82) is 0 Å². The average Bonchev–Trinajstić information content (AvgIpc) is 3.11. The Bertz CT molecular complexity index is 862. The Kier molecular flexibility index (Phi) is 4.71. The van der Waals surface area contributed by atoms with Crippen LogP contribution >= 0.6 is 11.3 Å².